The van der Waals surface area contributed by atoms with Gasteiger partial charge in [-0.15, -0.1) is 5.10 Å². The summed E-state index contributed by atoms with van der Waals surface area (Å²) >= 11 is 0. The van der Waals surface area contributed by atoms with Crippen molar-refractivity contribution in [2.24, 2.45) is 0 Å². The van der Waals surface area contributed by atoms with Crippen LogP contribution < -0.4 is 10.1 Å². The third-order valence-corrected chi connectivity index (χ3v) is 3.01. The van der Waals surface area contributed by atoms with Gasteiger partial charge in [-0.1, -0.05) is 13.0 Å². The van der Waals surface area contributed by atoms with E-state index in [2.05, 4.69) is 27.4 Å². The highest BCUT2D eigenvalue weighted by molar-refractivity contribution is 5.16. The number of hydrogen-bond acceptors (Lipinski definition) is 5. The maximum absolute atomic E-state index is 5.04. The summed E-state index contributed by atoms with van der Waals surface area (Å²) in [4.78, 5) is 4.37. The van der Waals surface area contributed by atoms with Gasteiger partial charge in [-0.25, -0.2) is 0 Å². The van der Waals surface area contributed by atoms with Crippen LogP contribution in [0.25, 0.3) is 0 Å². The molecule has 0 aromatic carbocycles. The molecule has 0 saturated carbocycles. The molecule has 0 aliphatic heterocycles. The lowest BCUT2D eigenvalue weighted by atomic mass is 10.1. The number of ether oxygens (including phenoxy) is 1. The van der Waals surface area contributed by atoms with Crippen LogP contribution in [0.15, 0.2) is 36.5 Å². The SMILES string of the molecule is CCCNC(Cc1ccccn1)c1ccc(OC)nn1. The van der Waals surface area contributed by atoms with Crippen molar-refractivity contribution in [2.45, 2.75) is 25.8 Å². The Bertz CT molecular complexity index is 501. The normalized spacial score (nSPS) is 12.1. The zero-order valence-corrected chi connectivity index (χ0v) is 11.9. The van der Waals surface area contributed by atoms with Crippen molar-refractivity contribution in [3.8, 4) is 5.88 Å². The molecule has 0 spiro atoms. The van der Waals surface area contributed by atoms with E-state index in [-0.39, 0.29) is 6.04 Å². The van der Waals surface area contributed by atoms with Crippen LogP contribution in [0.2, 0.25) is 0 Å². The van der Waals surface area contributed by atoms with Crippen LogP contribution in [-0.2, 0) is 6.42 Å². The first-order chi connectivity index (χ1) is 9.83. The molecule has 1 atom stereocenters. The van der Waals surface area contributed by atoms with E-state index in [1.807, 2.05) is 36.5 Å². The summed E-state index contributed by atoms with van der Waals surface area (Å²) in [5.41, 5.74) is 1.95. The minimum absolute atomic E-state index is 0.114. The Morgan fingerprint density at radius 3 is 2.70 bits per heavy atom. The predicted molar refractivity (Wildman–Crippen MR) is 77.6 cm³/mol. The second kappa shape index (κ2) is 7.55. The van der Waals surface area contributed by atoms with Gasteiger partial charge in [0.05, 0.1) is 18.8 Å². The van der Waals surface area contributed by atoms with Gasteiger partial charge in [0.15, 0.2) is 0 Å². The number of rotatable bonds is 7. The summed E-state index contributed by atoms with van der Waals surface area (Å²) in [6.07, 6.45) is 3.68. The molecular weight excluding hydrogens is 252 g/mol. The monoisotopic (exact) mass is 272 g/mol. The van der Waals surface area contributed by atoms with Crippen molar-refractivity contribution < 1.29 is 4.74 Å². The summed E-state index contributed by atoms with van der Waals surface area (Å²) in [5, 5.41) is 11.8. The van der Waals surface area contributed by atoms with Crippen LogP contribution in [0.5, 0.6) is 5.88 Å². The molecule has 0 radical (unpaired) electrons. The Hall–Kier alpha value is -2.01. The number of hydrogen-bond donors (Lipinski definition) is 1. The summed E-state index contributed by atoms with van der Waals surface area (Å²) < 4.78 is 5.04. The van der Waals surface area contributed by atoms with E-state index in [0.717, 1.165) is 30.8 Å². The molecule has 2 aromatic heterocycles. The van der Waals surface area contributed by atoms with Crippen molar-refractivity contribution in [3.63, 3.8) is 0 Å². The fraction of sp³-hybridized carbons (Fsp3) is 0.400. The maximum atomic E-state index is 5.04. The average Bonchev–Trinajstić information content (AvgIpc) is 2.52. The van der Waals surface area contributed by atoms with Crippen molar-refractivity contribution >= 4 is 0 Å². The van der Waals surface area contributed by atoms with Crippen molar-refractivity contribution in [2.75, 3.05) is 13.7 Å². The van der Waals surface area contributed by atoms with Crippen LogP contribution in [-0.4, -0.2) is 28.8 Å². The second-order valence-corrected chi connectivity index (χ2v) is 4.53. The van der Waals surface area contributed by atoms with Gasteiger partial charge in [0.2, 0.25) is 5.88 Å². The van der Waals surface area contributed by atoms with Gasteiger partial charge < -0.3 is 10.1 Å². The maximum Gasteiger partial charge on any atom is 0.233 e. The Kier molecular flexibility index (Phi) is 5.43. The van der Waals surface area contributed by atoms with E-state index < -0.39 is 0 Å². The highest BCUT2D eigenvalue weighted by atomic mass is 16.5. The molecule has 2 heterocycles. The summed E-state index contributed by atoms with van der Waals surface area (Å²) in [6, 6.07) is 9.84. The van der Waals surface area contributed by atoms with Gasteiger partial charge >= 0.3 is 0 Å². The summed E-state index contributed by atoms with van der Waals surface area (Å²) in [5.74, 6) is 0.529. The van der Waals surface area contributed by atoms with Crippen LogP contribution in [0.4, 0.5) is 0 Å². The molecule has 5 heteroatoms. The van der Waals surface area contributed by atoms with E-state index in [1.165, 1.54) is 0 Å². The number of pyridine rings is 1. The average molecular weight is 272 g/mol. The third kappa shape index (κ3) is 3.99. The van der Waals surface area contributed by atoms with Gasteiger partial charge in [-0.05, 0) is 31.2 Å². The molecule has 0 aliphatic rings. The molecule has 0 bridgehead atoms. The minimum Gasteiger partial charge on any atom is -0.480 e. The van der Waals surface area contributed by atoms with Crippen molar-refractivity contribution in [3.05, 3.63) is 47.9 Å². The first kappa shape index (κ1) is 14.4. The van der Waals surface area contributed by atoms with E-state index in [4.69, 9.17) is 4.74 Å². The number of aromatic nitrogens is 3. The Morgan fingerprint density at radius 2 is 2.10 bits per heavy atom. The minimum atomic E-state index is 0.114. The second-order valence-electron chi connectivity index (χ2n) is 4.53. The molecular formula is C15H20N4O. The van der Waals surface area contributed by atoms with Gasteiger partial charge in [-0.2, -0.15) is 5.10 Å². The lowest BCUT2D eigenvalue weighted by Gasteiger charge is -2.17. The Labute approximate surface area is 119 Å². The molecule has 0 fully saturated rings. The topological polar surface area (TPSA) is 59.9 Å². The predicted octanol–water partition coefficient (Wildman–Crippen LogP) is 2.16. The fourth-order valence-corrected chi connectivity index (χ4v) is 1.95. The Balaban J connectivity index is 2.13. The number of nitrogens with zero attached hydrogens (tertiary/aromatic N) is 3. The van der Waals surface area contributed by atoms with Crippen LogP contribution in [0.1, 0.15) is 30.8 Å². The largest absolute Gasteiger partial charge is 0.480 e. The van der Waals surface area contributed by atoms with Gasteiger partial charge in [0.25, 0.3) is 0 Å². The van der Waals surface area contributed by atoms with Crippen molar-refractivity contribution in [1.29, 1.82) is 0 Å². The smallest absolute Gasteiger partial charge is 0.233 e. The molecule has 5 nitrogen and oxygen atoms in total. The highest BCUT2D eigenvalue weighted by Gasteiger charge is 2.14. The molecule has 2 aromatic rings. The highest BCUT2D eigenvalue weighted by Crippen LogP contribution is 2.16. The van der Waals surface area contributed by atoms with E-state index >= 15 is 0 Å². The zero-order valence-electron chi connectivity index (χ0n) is 11.9. The van der Waals surface area contributed by atoms with Crippen LogP contribution >= 0.6 is 0 Å². The third-order valence-electron chi connectivity index (χ3n) is 3.01. The first-order valence-corrected chi connectivity index (χ1v) is 6.84. The lowest BCUT2D eigenvalue weighted by Crippen LogP contribution is -2.25. The Morgan fingerprint density at radius 1 is 1.20 bits per heavy atom. The van der Waals surface area contributed by atoms with E-state index in [9.17, 15) is 0 Å². The molecule has 20 heavy (non-hydrogen) atoms. The van der Waals surface area contributed by atoms with E-state index in [0.29, 0.717) is 5.88 Å². The van der Waals surface area contributed by atoms with Crippen molar-refractivity contribution in [1.82, 2.24) is 20.5 Å². The molecule has 106 valence electrons. The zero-order chi connectivity index (χ0) is 14.2. The van der Waals surface area contributed by atoms with Crippen LogP contribution in [0.3, 0.4) is 0 Å². The molecule has 1 unspecified atom stereocenters. The van der Waals surface area contributed by atoms with E-state index in [1.54, 1.807) is 7.11 Å². The standard InChI is InChI=1S/C15H20N4O/c1-3-9-17-14(11-12-6-4-5-10-16-12)13-7-8-15(20-2)19-18-13/h4-8,10,14,17H,3,9,11H2,1-2H3. The van der Waals surface area contributed by atoms with Crippen LogP contribution in [0, 0.1) is 0 Å². The summed E-state index contributed by atoms with van der Waals surface area (Å²) in [6.45, 7) is 3.08. The molecule has 0 saturated heterocycles. The molecule has 0 amide bonds. The van der Waals surface area contributed by atoms with Gasteiger partial charge in [0.1, 0.15) is 0 Å². The van der Waals surface area contributed by atoms with Gasteiger partial charge in [0, 0.05) is 24.4 Å². The quantitative estimate of drug-likeness (QED) is 0.837. The first-order valence-electron chi connectivity index (χ1n) is 6.84. The number of methoxy groups -OCH3 is 1. The molecule has 1 N–H and O–H groups in total. The van der Waals surface area contributed by atoms with Gasteiger partial charge in [-0.3, -0.25) is 4.98 Å². The summed E-state index contributed by atoms with van der Waals surface area (Å²) in [7, 11) is 1.59. The molecule has 0 aliphatic carbocycles. The lowest BCUT2D eigenvalue weighted by molar-refractivity contribution is 0.389. The fourth-order valence-electron chi connectivity index (χ4n) is 1.95. The number of nitrogens with one attached hydrogen (secondary N) is 1. The molecule has 2 rings (SSSR count).